The van der Waals surface area contributed by atoms with E-state index >= 15 is 0 Å². The average molecular weight is 376 g/mol. The molecule has 1 aliphatic rings. The van der Waals surface area contributed by atoms with E-state index in [1.165, 1.54) is 32.6 Å². The molecule has 0 amide bonds. The summed E-state index contributed by atoms with van der Waals surface area (Å²) in [6.07, 6.45) is 0. The Bertz CT molecular complexity index is 1040. The van der Waals surface area contributed by atoms with E-state index in [1.54, 1.807) is 0 Å². The molecule has 1 heteroatoms. The molecule has 5 rings (SSSR count). The maximum Gasteiger partial charge on any atom is 0.129 e. The third-order valence-electron chi connectivity index (χ3n) is 6.62. The molecule has 1 aliphatic carbocycles. The maximum atomic E-state index is 5.04. The molecule has 0 nitrogen and oxygen atoms in total. The summed E-state index contributed by atoms with van der Waals surface area (Å²) < 4.78 is 0. The number of hydrogen-bond acceptors (Lipinski definition) is 0. The van der Waals surface area contributed by atoms with E-state index in [4.69, 9.17) is 6.92 Å². The molecule has 0 N–H and O–H groups in total. The standard InChI is InChI=1S/C27H23Si/c1-27(25-19-11-9-17-23(25)24-18-10-12-20-26(24)27)28(2,21-13-5-3-6-14-21)22-15-7-4-8-16-22/h3-20H,1H2,2H3. The van der Waals surface area contributed by atoms with Crippen molar-refractivity contribution in [2.45, 2.75) is 11.6 Å². The first-order valence-corrected chi connectivity index (χ1v) is 12.3. The molecule has 0 unspecified atom stereocenters. The van der Waals surface area contributed by atoms with E-state index in [0.717, 1.165) is 0 Å². The summed E-state index contributed by atoms with van der Waals surface area (Å²) in [5, 5.41) is 2.55. The van der Waals surface area contributed by atoms with Crippen LogP contribution in [0.2, 0.25) is 6.55 Å². The lowest BCUT2D eigenvalue weighted by Crippen LogP contribution is -2.68. The van der Waals surface area contributed by atoms with E-state index in [9.17, 15) is 0 Å². The van der Waals surface area contributed by atoms with Crippen LogP contribution in [-0.4, -0.2) is 8.07 Å². The summed E-state index contributed by atoms with van der Waals surface area (Å²) in [6, 6.07) is 39.8. The summed E-state index contributed by atoms with van der Waals surface area (Å²) in [5.41, 5.74) is 5.38. The van der Waals surface area contributed by atoms with Crippen LogP contribution in [0.3, 0.4) is 0 Å². The zero-order chi connectivity index (χ0) is 19.2. The van der Waals surface area contributed by atoms with E-state index in [1.807, 2.05) is 0 Å². The summed E-state index contributed by atoms with van der Waals surface area (Å²) >= 11 is 0. The van der Waals surface area contributed by atoms with Crippen LogP contribution >= 0.6 is 0 Å². The monoisotopic (exact) mass is 375 g/mol. The molecule has 0 saturated heterocycles. The first-order chi connectivity index (χ1) is 13.7. The van der Waals surface area contributed by atoms with Gasteiger partial charge in [0.15, 0.2) is 0 Å². The molecule has 0 bridgehead atoms. The van der Waals surface area contributed by atoms with Crippen LogP contribution in [0.25, 0.3) is 11.1 Å². The molecule has 0 saturated carbocycles. The minimum atomic E-state index is -2.31. The highest BCUT2D eigenvalue weighted by molar-refractivity contribution is 7.04. The number of rotatable bonds is 3. The van der Waals surface area contributed by atoms with E-state index in [2.05, 4.69) is 116 Å². The van der Waals surface area contributed by atoms with Gasteiger partial charge in [-0.15, -0.1) is 0 Å². The van der Waals surface area contributed by atoms with Crippen molar-refractivity contribution in [1.82, 2.24) is 0 Å². The summed E-state index contributed by atoms with van der Waals surface area (Å²) in [6.45, 7) is 7.53. The molecule has 0 heterocycles. The first kappa shape index (κ1) is 17.2. The molecule has 4 aromatic rings. The van der Waals surface area contributed by atoms with Gasteiger partial charge in [-0.25, -0.2) is 0 Å². The molecule has 1 radical (unpaired) electrons. The molecule has 135 valence electrons. The van der Waals surface area contributed by atoms with E-state index in [-0.39, 0.29) is 5.04 Å². The highest BCUT2D eigenvalue weighted by Crippen LogP contribution is 2.52. The lowest BCUT2D eigenvalue weighted by molar-refractivity contribution is 0.909. The van der Waals surface area contributed by atoms with Crippen molar-refractivity contribution in [3.05, 3.63) is 127 Å². The van der Waals surface area contributed by atoms with Gasteiger partial charge in [0.05, 0.1) is 0 Å². The van der Waals surface area contributed by atoms with Crippen LogP contribution in [0.5, 0.6) is 0 Å². The van der Waals surface area contributed by atoms with Crippen LogP contribution in [0, 0.1) is 6.92 Å². The van der Waals surface area contributed by atoms with Crippen molar-refractivity contribution in [3.8, 4) is 11.1 Å². The van der Waals surface area contributed by atoms with Crippen molar-refractivity contribution in [2.75, 3.05) is 0 Å². The maximum absolute atomic E-state index is 5.04. The second-order valence-electron chi connectivity index (χ2n) is 7.85. The fraction of sp³-hybridized carbons (Fsp3) is 0.0741. The van der Waals surface area contributed by atoms with Crippen LogP contribution in [0.1, 0.15) is 11.1 Å². The SMILES string of the molecule is [CH2]C1([Si](C)(c2ccccc2)c2ccccc2)c2ccccc2-c2ccccc21. The van der Waals surface area contributed by atoms with Crippen molar-refractivity contribution in [3.63, 3.8) is 0 Å². The van der Waals surface area contributed by atoms with Gasteiger partial charge < -0.3 is 0 Å². The average Bonchev–Trinajstić information content (AvgIpc) is 3.05. The molecule has 4 aromatic carbocycles. The van der Waals surface area contributed by atoms with Crippen LogP contribution in [0.15, 0.2) is 109 Å². The van der Waals surface area contributed by atoms with E-state index in [0.29, 0.717) is 0 Å². The van der Waals surface area contributed by atoms with Gasteiger partial charge in [-0.1, -0.05) is 126 Å². The normalized spacial score (nSPS) is 14.4. The third kappa shape index (κ3) is 2.17. The minimum Gasteiger partial charge on any atom is -0.0625 e. The zero-order valence-corrected chi connectivity index (χ0v) is 17.1. The predicted octanol–water partition coefficient (Wildman–Crippen LogP) is 5.22. The smallest absolute Gasteiger partial charge is 0.0625 e. The molecule has 0 atom stereocenters. The summed E-state index contributed by atoms with van der Waals surface area (Å²) in [5.74, 6) is 0. The lowest BCUT2D eigenvalue weighted by atomic mass is 9.98. The highest BCUT2D eigenvalue weighted by atomic mass is 28.3. The topological polar surface area (TPSA) is 0 Å². The van der Waals surface area contributed by atoms with Crippen LogP contribution < -0.4 is 10.4 Å². The zero-order valence-electron chi connectivity index (χ0n) is 16.1. The number of benzene rings is 4. The Morgan fingerprint density at radius 1 is 0.536 bits per heavy atom. The Labute approximate surface area is 168 Å². The molecule has 0 aliphatic heterocycles. The Morgan fingerprint density at radius 3 is 1.32 bits per heavy atom. The first-order valence-electron chi connectivity index (χ1n) is 9.83. The van der Waals surface area contributed by atoms with Crippen molar-refractivity contribution >= 4 is 18.4 Å². The quantitative estimate of drug-likeness (QED) is 0.431. The van der Waals surface area contributed by atoms with Crippen molar-refractivity contribution in [1.29, 1.82) is 0 Å². The predicted molar refractivity (Wildman–Crippen MR) is 122 cm³/mol. The largest absolute Gasteiger partial charge is 0.129 e. The Hall–Kier alpha value is -2.90. The Morgan fingerprint density at radius 2 is 0.893 bits per heavy atom. The molecular weight excluding hydrogens is 352 g/mol. The molecule has 0 fully saturated rings. The highest BCUT2D eigenvalue weighted by Gasteiger charge is 2.55. The van der Waals surface area contributed by atoms with Gasteiger partial charge in [0, 0.05) is 5.04 Å². The van der Waals surface area contributed by atoms with Gasteiger partial charge in [0.2, 0.25) is 0 Å². The van der Waals surface area contributed by atoms with Gasteiger partial charge in [-0.2, -0.15) is 0 Å². The number of hydrogen-bond donors (Lipinski definition) is 0. The van der Waals surface area contributed by atoms with Crippen LogP contribution in [0.4, 0.5) is 0 Å². The van der Waals surface area contributed by atoms with Crippen molar-refractivity contribution < 1.29 is 0 Å². The Kier molecular flexibility index (Phi) is 3.89. The molecule has 28 heavy (non-hydrogen) atoms. The van der Waals surface area contributed by atoms with Crippen LogP contribution in [-0.2, 0) is 5.04 Å². The second kappa shape index (κ2) is 6.32. The van der Waals surface area contributed by atoms with Gasteiger partial charge in [0.25, 0.3) is 0 Å². The number of fused-ring (bicyclic) bond motifs is 3. The summed E-state index contributed by atoms with van der Waals surface area (Å²) in [4.78, 5) is 0. The fourth-order valence-electron chi connectivity index (χ4n) is 5.07. The van der Waals surface area contributed by atoms with Gasteiger partial charge in [-0.05, 0) is 29.2 Å². The molecule has 0 aromatic heterocycles. The summed E-state index contributed by atoms with van der Waals surface area (Å²) in [7, 11) is -2.31. The Balaban J connectivity index is 1.91. The van der Waals surface area contributed by atoms with Gasteiger partial charge in [-0.3, -0.25) is 0 Å². The van der Waals surface area contributed by atoms with Gasteiger partial charge in [0.1, 0.15) is 8.07 Å². The molecule has 0 spiro atoms. The fourth-order valence-corrected chi connectivity index (χ4v) is 9.62. The van der Waals surface area contributed by atoms with E-state index < -0.39 is 8.07 Å². The lowest BCUT2D eigenvalue weighted by Gasteiger charge is -2.45. The minimum absolute atomic E-state index is 0.289. The van der Waals surface area contributed by atoms with Crippen molar-refractivity contribution in [2.24, 2.45) is 0 Å². The third-order valence-corrected chi connectivity index (χ3v) is 11.8. The molecular formula is C27H23Si. The second-order valence-corrected chi connectivity index (χ2v) is 12.1. The van der Waals surface area contributed by atoms with Gasteiger partial charge >= 0.3 is 0 Å².